The lowest BCUT2D eigenvalue weighted by Crippen LogP contribution is -2.36. The molecule has 144 valence electrons. The number of aromatic carboxylic acids is 1. The summed E-state index contributed by atoms with van der Waals surface area (Å²) in [7, 11) is 0. The smallest absolute Gasteiger partial charge is 0.340 e. The normalized spacial score (nSPS) is 14.0. The number of carboxylic acid groups (broad SMARTS) is 1. The Bertz CT molecular complexity index is 1100. The first-order chi connectivity index (χ1) is 13.4. The van der Waals surface area contributed by atoms with Gasteiger partial charge in [-0.15, -0.1) is 11.3 Å². The van der Waals surface area contributed by atoms with E-state index < -0.39 is 17.1 Å². The van der Waals surface area contributed by atoms with Crippen LogP contribution in [0.15, 0.2) is 39.9 Å². The van der Waals surface area contributed by atoms with Gasteiger partial charge < -0.3 is 10.4 Å². The van der Waals surface area contributed by atoms with Crippen molar-refractivity contribution >= 4 is 33.9 Å². The van der Waals surface area contributed by atoms with Gasteiger partial charge in [0, 0.05) is 23.7 Å². The van der Waals surface area contributed by atoms with E-state index in [1.165, 1.54) is 11.3 Å². The van der Waals surface area contributed by atoms with Crippen molar-refractivity contribution in [2.75, 3.05) is 23.8 Å². The van der Waals surface area contributed by atoms with E-state index in [4.69, 9.17) is 0 Å². The zero-order chi connectivity index (χ0) is 19.8. The van der Waals surface area contributed by atoms with Crippen LogP contribution in [-0.2, 0) is 17.8 Å². The summed E-state index contributed by atoms with van der Waals surface area (Å²) in [5, 5.41) is 12.6. The predicted molar refractivity (Wildman–Crippen MR) is 104 cm³/mol. The fraction of sp³-hybridized carbons (Fsp3) is 0.222. The Morgan fingerprint density at radius 2 is 1.86 bits per heavy atom. The number of para-hydroxylation sites is 1. The average Bonchev–Trinajstić information content (AvgIpc) is 3.06. The van der Waals surface area contributed by atoms with Crippen molar-refractivity contribution in [3.8, 4) is 0 Å². The fourth-order valence-electron chi connectivity index (χ4n) is 3.16. The number of thiophene rings is 1. The van der Waals surface area contributed by atoms with Gasteiger partial charge in [-0.1, -0.05) is 18.2 Å². The maximum absolute atomic E-state index is 12.3. The third-order valence-electron chi connectivity index (χ3n) is 4.53. The van der Waals surface area contributed by atoms with E-state index in [2.05, 4.69) is 10.7 Å². The zero-order valence-corrected chi connectivity index (χ0v) is 15.4. The number of carbonyl (C=O) groups excluding carboxylic acids is 1. The highest BCUT2D eigenvalue weighted by atomic mass is 32.1. The number of hydrogen-bond donors (Lipinski definition) is 3. The number of anilines is 2. The van der Waals surface area contributed by atoms with Crippen LogP contribution in [0.1, 0.15) is 20.8 Å². The van der Waals surface area contributed by atoms with Crippen molar-refractivity contribution in [3.05, 3.63) is 67.0 Å². The highest BCUT2D eigenvalue weighted by molar-refractivity contribution is 7.16. The van der Waals surface area contributed by atoms with E-state index in [9.17, 15) is 24.3 Å². The molecule has 0 bridgehead atoms. The van der Waals surface area contributed by atoms with E-state index in [0.29, 0.717) is 30.8 Å². The minimum Gasteiger partial charge on any atom is -0.478 e. The number of amides is 1. The number of benzene rings is 1. The molecule has 9 nitrogen and oxygen atoms in total. The SMILES string of the molecule is O=C(CN1CCc2c(sc(Nn3c(=O)c3=O)c2C(=O)O)C1)Nc1ccccc1. The lowest BCUT2D eigenvalue weighted by molar-refractivity contribution is -0.117. The van der Waals surface area contributed by atoms with Crippen molar-refractivity contribution in [3.63, 3.8) is 0 Å². The van der Waals surface area contributed by atoms with Crippen LogP contribution < -0.4 is 21.9 Å². The van der Waals surface area contributed by atoms with Crippen molar-refractivity contribution in [2.24, 2.45) is 0 Å². The van der Waals surface area contributed by atoms with Gasteiger partial charge in [0.1, 0.15) is 5.00 Å². The molecule has 0 radical (unpaired) electrons. The molecule has 1 aromatic carbocycles. The van der Waals surface area contributed by atoms with Crippen LogP contribution in [0.3, 0.4) is 0 Å². The first-order valence-corrected chi connectivity index (χ1v) is 9.36. The van der Waals surface area contributed by atoms with Gasteiger partial charge in [0.05, 0.1) is 12.1 Å². The molecule has 0 unspecified atom stereocenters. The molecule has 28 heavy (non-hydrogen) atoms. The molecule has 4 rings (SSSR count). The van der Waals surface area contributed by atoms with E-state index >= 15 is 0 Å². The Morgan fingerprint density at radius 1 is 1.14 bits per heavy atom. The Kier molecular flexibility index (Phi) is 4.57. The van der Waals surface area contributed by atoms with Crippen LogP contribution in [0.2, 0.25) is 0 Å². The second kappa shape index (κ2) is 7.06. The molecule has 1 amide bonds. The molecular weight excluding hydrogens is 384 g/mol. The lowest BCUT2D eigenvalue weighted by atomic mass is 10.0. The number of nitrogens with zero attached hydrogens (tertiary/aromatic N) is 2. The van der Waals surface area contributed by atoms with Crippen LogP contribution in [0.5, 0.6) is 0 Å². The summed E-state index contributed by atoms with van der Waals surface area (Å²) in [6, 6.07) is 9.14. The summed E-state index contributed by atoms with van der Waals surface area (Å²) >= 11 is 1.19. The molecule has 0 atom stereocenters. The van der Waals surface area contributed by atoms with Crippen molar-refractivity contribution in [1.82, 2.24) is 9.58 Å². The molecule has 0 saturated heterocycles. The molecule has 1 aliphatic heterocycles. The molecule has 2 aromatic heterocycles. The van der Waals surface area contributed by atoms with E-state index in [-0.39, 0.29) is 23.0 Å². The van der Waals surface area contributed by atoms with Gasteiger partial charge in [-0.2, -0.15) is 4.68 Å². The van der Waals surface area contributed by atoms with E-state index in [0.717, 1.165) is 9.55 Å². The number of carboxylic acids is 1. The van der Waals surface area contributed by atoms with Gasteiger partial charge >= 0.3 is 17.1 Å². The van der Waals surface area contributed by atoms with Crippen LogP contribution in [0, 0.1) is 0 Å². The number of aromatic nitrogens is 1. The summed E-state index contributed by atoms with van der Waals surface area (Å²) in [5.74, 6) is -1.26. The van der Waals surface area contributed by atoms with E-state index in [1.54, 1.807) is 12.1 Å². The third kappa shape index (κ3) is 3.47. The van der Waals surface area contributed by atoms with Crippen molar-refractivity contribution < 1.29 is 14.7 Å². The van der Waals surface area contributed by atoms with Gasteiger partial charge in [0.2, 0.25) is 5.91 Å². The molecule has 3 aromatic rings. The largest absolute Gasteiger partial charge is 0.478 e. The van der Waals surface area contributed by atoms with Crippen LogP contribution in [-0.4, -0.2) is 39.6 Å². The number of nitrogens with one attached hydrogen (secondary N) is 2. The lowest BCUT2D eigenvalue weighted by Gasteiger charge is -2.26. The highest BCUT2D eigenvalue weighted by Gasteiger charge is 2.30. The molecular formula is C18H16N4O5S. The predicted octanol–water partition coefficient (Wildman–Crippen LogP) is 0.716. The summed E-state index contributed by atoms with van der Waals surface area (Å²) in [6.07, 6.45) is 0.468. The molecule has 3 heterocycles. The Labute approximate surface area is 162 Å². The number of carbonyl (C=O) groups is 2. The number of hydrogen-bond acceptors (Lipinski definition) is 7. The monoisotopic (exact) mass is 400 g/mol. The summed E-state index contributed by atoms with van der Waals surface area (Å²) in [5.41, 5.74) is 2.68. The molecule has 10 heteroatoms. The number of rotatable bonds is 6. The van der Waals surface area contributed by atoms with Gasteiger partial charge in [-0.3, -0.25) is 24.7 Å². The molecule has 0 fully saturated rings. The first kappa shape index (κ1) is 18.1. The Balaban J connectivity index is 1.48. The topological polar surface area (TPSA) is 121 Å². The van der Waals surface area contributed by atoms with Gasteiger partial charge in [-0.25, -0.2) is 4.79 Å². The zero-order valence-electron chi connectivity index (χ0n) is 14.6. The molecule has 1 aliphatic rings. The summed E-state index contributed by atoms with van der Waals surface area (Å²) in [6.45, 7) is 1.14. The minimum atomic E-state index is -1.11. The van der Waals surface area contributed by atoms with Crippen LogP contribution >= 0.6 is 11.3 Å². The van der Waals surface area contributed by atoms with Crippen molar-refractivity contribution in [1.29, 1.82) is 0 Å². The molecule has 0 saturated carbocycles. The Hall–Kier alpha value is -3.24. The molecule has 3 N–H and O–H groups in total. The summed E-state index contributed by atoms with van der Waals surface area (Å²) in [4.78, 5) is 49.1. The standard InChI is InChI=1S/C18H16N4O5S/c23-13(19-10-4-2-1-3-5-10)9-21-7-6-11-12(8-21)28-15(14(11)18(26)27)20-22-16(24)17(22)25/h1-5,20H,6-9H2,(H,19,23)(H,26,27). The average molecular weight is 400 g/mol. The molecule has 0 aliphatic carbocycles. The maximum atomic E-state index is 12.3. The second-order valence-corrected chi connectivity index (χ2v) is 7.55. The van der Waals surface area contributed by atoms with Gasteiger partial charge in [0.25, 0.3) is 0 Å². The van der Waals surface area contributed by atoms with E-state index in [1.807, 2.05) is 23.1 Å². The van der Waals surface area contributed by atoms with Crippen LogP contribution in [0.4, 0.5) is 10.7 Å². The van der Waals surface area contributed by atoms with Crippen molar-refractivity contribution in [2.45, 2.75) is 13.0 Å². The quantitative estimate of drug-likeness (QED) is 0.521. The second-order valence-electron chi connectivity index (χ2n) is 6.45. The fourth-order valence-corrected chi connectivity index (χ4v) is 4.43. The minimum absolute atomic E-state index is 0.0842. The highest BCUT2D eigenvalue weighted by Crippen LogP contribution is 2.37. The van der Waals surface area contributed by atoms with Gasteiger partial charge in [-0.05, 0) is 24.1 Å². The summed E-state index contributed by atoms with van der Waals surface area (Å²) < 4.78 is 0.787. The molecule has 0 spiro atoms. The van der Waals surface area contributed by atoms with Gasteiger partial charge in [0.15, 0.2) is 0 Å². The number of fused-ring (bicyclic) bond motifs is 1. The maximum Gasteiger partial charge on any atom is 0.340 e. The Morgan fingerprint density at radius 3 is 2.50 bits per heavy atom. The first-order valence-electron chi connectivity index (χ1n) is 8.54. The third-order valence-corrected chi connectivity index (χ3v) is 5.65. The van der Waals surface area contributed by atoms with Crippen LogP contribution in [0.25, 0.3) is 0 Å².